The third-order valence-electron chi connectivity index (χ3n) is 1.99. The molecule has 0 spiro atoms. The average molecular weight is 282 g/mol. The van der Waals surface area contributed by atoms with Gasteiger partial charge in [0.15, 0.2) is 0 Å². The fraction of sp³-hybridized carbons (Fsp3) is 0.0769. The molecule has 0 radical (unpaired) electrons. The molecule has 0 aromatic carbocycles. The molecule has 0 saturated heterocycles. The molecule has 0 aliphatic carbocycles. The van der Waals surface area contributed by atoms with Crippen LogP contribution in [0.3, 0.4) is 0 Å². The minimum atomic E-state index is -4.57. The maximum absolute atomic E-state index is 12.4. The van der Waals surface area contributed by atoms with E-state index in [0.717, 1.165) is 0 Å². The summed E-state index contributed by atoms with van der Waals surface area (Å²) in [6.07, 6.45) is 0.852. The summed E-state index contributed by atoms with van der Waals surface area (Å²) in [6.45, 7) is 0. The number of ether oxygens (including phenoxy) is 2. The van der Waals surface area contributed by atoms with Crippen molar-refractivity contribution >= 4 is 0 Å². The van der Waals surface area contributed by atoms with Crippen molar-refractivity contribution < 1.29 is 22.6 Å². The van der Waals surface area contributed by atoms with Gasteiger partial charge in [0.2, 0.25) is 0 Å². The zero-order valence-electron chi connectivity index (χ0n) is 10.0. The Morgan fingerprint density at radius 2 is 1.45 bits per heavy atom. The molecule has 0 fully saturated rings. The van der Waals surface area contributed by atoms with Gasteiger partial charge in [-0.25, -0.2) is 0 Å². The topological polar surface area (TPSA) is 44.2 Å². The molecular formula is C13H9F3N2O2. The second-order valence-electron chi connectivity index (χ2n) is 3.59. The number of halogens is 3. The number of hydrogen-bond acceptors (Lipinski definition) is 4. The zero-order chi connectivity index (χ0) is 14.4. The summed E-state index contributed by atoms with van der Waals surface area (Å²) in [6, 6.07) is 5.99. The first-order valence-corrected chi connectivity index (χ1v) is 5.48. The average Bonchev–Trinajstić information content (AvgIpc) is 2.39. The van der Waals surface area contributed by atoms with Gasteiger partial charge in [-0.1, -0.05) is 0 Å². The molecule has 7 heteroatoms. The van der Waals surface area contributed by atoms with Gasteiger partial charge in [0.05, 0.1) is 12.4 Å². The van der Waals surface area contributed by atoms with Gasteiger partial charge in [-0.15, -0.1) is 0 Å². The largest absolute Gasteiger partial charge is 0.424 e. The van der Waals surface area contributed by atoms with Crippen molar-refractivity contribution in [2.75, 3.05) is 0 Å². The second-order valence-corrected chi connectivity index (χ2v) is 3.59. The number of nitrogens with zero attached hydrogens (tertiary/aromatic N) is 2. The number of allylic oxidation sites excluding steroid dienone is 1. The Balaban J connectivity index is 2.20. The van der Waals surface area contributed by atoms with Crippen LogP contribution in [0.2, 0.25) is 0 Å². The Labute approximate surface area is 112 Å². The summed E-state index contributed by atoms with van der Waals surface area (Å²) in [7, 11) is 0. The molecule has 0 amide bonds. The van der Waals surface area contributed by atoms with Gasteiger partial charge < -0.3 is 9.47 Å². The number of alkyl halides is 3. The van der Waals surface area contributed by atoms with Crippen LogP contribution in [-0.4, -0.2) is 16.1 Å². The summed E-state index contributed by atoms with van der Waals surface area (Å²) in [5, 5.41) is 0. The molecule has 2 aromatic rings. The van der Waals surface area contributed by atoms with Gasteiger partial charge >= 0.3 is 6.18 Å². The Morgan fingerprint density at radius 3 is 1.80 bits per heavy atom. The molecule has 2 heterocycles. The lowest BCUT2D eigenvalue weighted by Crippen LogP contribution is -2.11. The van der Waals surface area contributed by atoms with Crippen LogP contribution in [0, 0.1) is 0 Å². The van der Waals surface area contributed by atoms with Crippen molar-refractivity contribution in [3.8, 4) is 11.5 Å². The summed E-state index contributed by atoms with van der Waals surface area (Å²) < 4.78 is 47.4. The maximum atomic E-state index is 12.4. The van der Waals surface area contributed by atoms with Crippen molar-refractivity contribution in [1.82, 2.24) is 9.97 Å². The molecular weight excluding hydrogens is 273 g/mol. The van der Waals surface area contributed by atoms with E-state index in [1.807, 2.05) is 0 Å². The van der Waals surface area contributed by atoms with E-state index < -0.39 is 12.1 Å². The molecule has 0 atom stereocenters. The quantitative estimate of drug-likeness (QED) is 0.807. The van der Waals surface area contributed by atoms with E-state index in [2.05, 4.69) is 9.97 Å². The van der Waals surface area contributed by atoms with Gasteiger partial charge in [0.25, 0.3) is 5.95 Å². The summed E-state index contributed by atoms with van der Waals surface area (Å²) in [4.78, 5) is 7.48. The van der Waals surface area contributed by atoms with Crippen LogP contribution in [0.25, 0.3) is 0 Å². The predicted molar refractivity (Wildman–Crippen MR) is 63.9 cm³/mol. The van der Waals surface area contributed by atoms with Crippen LogP contribution in [0.15, 0.2) is 61.1 Å². The molecule has 4 nitrogen and oxygen atoms in total. The van der Waals surface area contributed by atoms with Crippen LogP contribution in [0.1, 0.15) is 0 Å². The Hall–Kier alpha value is -2.57. The minimum absolute atomic E-state index is 0.0764. The SMILES string of the molecule is FC(F)(F)C=C(Oc1cccnc1)Oc1cccnc1. The van der Waals surface area contributed by atoms with E-state index in [1.54, 1.807) is 0 Å². The monoisotopic (exact) mass is 282 g/mol. The Bertz CT molecular complexity index is 528. The van der Waals surface area contributed by atoms with Crippen molar-refractivity contribution in [3.63, 3.8) is 0 Å². The zero-order valence-corrected chi connectivity index (χ0v) is 10.0. The van der Waals surface area contributed by atoms with Gasteiger partial charge in [0, 0.05) is 12.4 Å². The van der Waals surface area contributed by atoms with Crippen molar-refractivity contribution in [2.45, 2.75) is 6.18 Å². The molecule has 0 N–H and O–H groups in total. The first-order valence-electron chi connectivity index (χ1n) is 5.48. The number of aromatic nitrogens is 2. The highest BCUT2D eigenvalue weighted by Gasteiger charge is 2.27. The van der Waals surface area contributed by atoms with Crippen molar-refractivity contribution in [3.05, 3.63) is 61.1 Å². The maximum Gasteiger partial charge on any atom is 0.416 e. The van der Waals surface area contributed by atoms with E-state index in [4.69, 9.17) is 9.47 Å². The lowest BCUT2D eigenvalue weighted by Gasteiger charge is -2.11. The third-order valence-corrected chi connectivity index (χ3v) is 1.99. The molecule has 2 rings (SSSR count). The Kier molecular flexibility index (Phi) is 4.19. The highest BCUT2D eigenvalue weighted by molar-refractivity contribution is 5.22. The highest BCUT2D eigenvalue weighted by Crippen LogP contribution is 2.23. The van der Waals surface area contributed by atoms with Gasteiger partial charge in [0.1, 0.15) is 17.6 Å². The van der Waals surface area contributed by atoms with E-state index in [1.165, 1.54) is 49.1 Å². The molecule has 2 aromatic heterocycles. The molecule has 0 saturated carbocycles. The van der Waals surface area contributed by atoms with Crippen LogP contribution in [0.5, 0.6) is 11.5 Å². The van der Waals surface area contributed by atoms with E-state index in [9.17, 15) is 13.2 Å². The molecule has 0 aliphatic heterocycles. The summed E-state index contributed by atoms with van der Waals surface area (Å²) in [5.74, 6) is -0.447. The molecule has 0 aliphatic rings. The van der Waals surface area contributed by atoms with Crippen LogP contribution >= 0.6 is 0 Å². The van der Waals surface area contributed by atoms with Crippen LogP contribution in [0.4, 0.5) is 13.2 Å². The molecule has 104 valence electrons. The predicted octanol–water partition coefficient (Wildman–Crippen LogP) is 3.34. The number of pyridine rings is 2. The first kappa shape index (κ1) is 13.9. The normalized spacial score (nSPS) is 10.8. The molecule has 20 heavy (non-hydrogen) atoms. The second kappa shape index (κ2) is 6.05. The Morgan fingerprint density at radius 1 is 0.950 bits per heavy atom. The van der Waals surface area contributed by atoms with Crippen LogP contribution < -0.4 is 9.47 Å². The molecule has 0 unspecified atom stereocenters. The summed E-state index contributed by atoms with van der Waals surface area (Å²) in [5.41, 5.74) is 0. The molecule has 0 bridgehead atoms. The van der Waals surface area contributed by atoms with Crippen LogP contribution in [-0.2, 0) is 0 Å². The fourth-order valence-corrected chi connectivity index (χ4v) is 1.26. The summed E-state index contributed by atoms with van der Waals surface area (Å²) >= 11 is 0. The van der Waals surface area contributed by atoms with E-state index in [-0.39, 0.29) is 17.6 Å². The standard InChI is InChI=1S/C13H9F3N2O2/c14-13(15,16)7-12(19-10-3-1-5-17-8-10)20-11-4-2-6-18-9-11/h1-9H. The minimum Gasteiger partial charge on any atom is -0.424 e. The van der Waals surface area contributed by atoms with Gasteiger partial charge in [-0.3, -0.25) is 9.97 Å². The van der Waals surface area contributed by atoms with Gasteiger partial charge in [-0.2, -0.15) is 13.2 Å². The highest BCUT2D eigenvalue weighted by atomic mass is 19.4. The van der Waals surface area contributed by atoms with Crippen molar-refractivity contribution in [2.24, 2.45) is 0 Å². The number of hydrogen-bond donors (Lipinski definition) is 0. The third kappa shape index (κ3) is 4.60. The van der Waals surface area contributed by atoms with Gasteiger partial charge in [-0.05, 0) is 24.3 Å². The smallest absolute Gasteiger partial charge is 0.416 e. The first-order chi connectivity index (χ1) is 9.53. The fourth-order valence-electron chi connectivity index (χ4n) is 1.26. The number of rotatable bonds is 4. The van der Waals surface area contributed by atoms with E-state index in [0.29, 0.717) is 0 Å². The van der Waals surface area contributed by atoms with E-state index >= 15 is 0 Å². The van der Waals surface area contributed by atoms with Crippen molar-refractivity contribution in [1.29, 1.82) is 0 Å². The lowest BCUT2D eigenvalue weighted by molar-refractivity contribution is -0.0842. The lowest BCUT2D eigenvalue weighted by atomic mass is 10.4.